The monoisotopic (exact) mass is 433 g/mol. The van der Waals surface area contributed by atoms with Gasteiger partial charge in [-0.25, -0.2) is 0 Å². The van der Waals surface area contributed by atoms with Crippen molar-refractivity contribution in [3.05, 3.63) is 35.9 Å². The predicted molar refractivity (Wildman–Crippen MR) is 110 cm³/mol. The van der Waals surface area contributed by atoms with Crippen LogP contribution in [0, 0.1) is 0 Å². The summed E-state index contributed by atoms with van der Waals surface area (Å²) in [5.74, 6) is 3.03. The molecule has 3 nitrogen and oxygen atoms in total. The molecule has 1 aliphatic rings. The smallest absolute Gasteiger partial charge is 0.191 e. The highest BCUT2D eigenvalue weighted by atomic mass is 127. The molecule has 2 N–H and O–H groups in total. The van der Waals surface area contributed by atoms with E-state index in [1.165, 1.54) is 5.56 Å². The summed E-state index contributed by atoms with van der Waals surface area (Å²) in [6.07, 6.45) is 2.17. The molecule has 0 aliphatic carbocycles. The fraction of sp³-hybridized carbons (Fsp3) is 0.588. The normalized spacial score (nSPS) is 16.3. The van der Waals surface area contributed by atoms with Crippen molar-refractivity contribution in [2.45, 2.75) is 32.1 Å². The van der Waals surface area contributed by atoms with Gasteiger partial charge in [0.25, 0.3) is 0 Å². The maximum atomic E-state index is 6.21. The summed E-state index contributed by atoms with van der Waals surface area (Å²) in [6, 6.07) is 10.7. The second kappa shape index (κ2) is 9.65. The lowest BCUT2D eigenvalue weighted by molar-refractivity contribution is 0.399. The van der Waals surface area contributed by atoms with Gasteiger partial charge in [0.1, 0.15) is 0 Å². The number of benzene rings is 1. The van der Waals surface area contributed by atoms with Gasteiger partial charge in [-0.1, -0.05) is 44.2 Å². The third-order valence-corrected chi connectivity index (χ3v) is 5.56. The Balaban J connectivity index is 0.00000242. The number of hydrogen-bond acceptors (Lipinski definition) is 2. The maximum Gasteiger partial charge on any atom is 0.191 e. The van der Waals surface area contributed by atoms with Crippen molar-refractivity contribution >= 4 is 41.7 Å². The Bertz CT molecular complexity index is 454. The second-order valence-electron chi connectivity index (χ2n) is 5.63. The number of aliphatic imine (C=N–C) groups is 1. The Morgan fingerprint density at radius 3 is 2.32 bits per heavy atom. The van der Waals surface area contributed by atoms with Crippen LogP contribution in [0.25, 0.3) is 0 Å². The Kier molecular flexibility index (Phi) is 8.61. The van der Waals surface area contributed by atoms with E-state index in [1.54, 1.807) is 0 Å². The van der Waals surface area contributed by atoms with E-state index in [9.17, 15) is 0 Å². The standard InChI is InChI=1S/C17H27N3S.HI/c1-3-17(4-2,15-8-6-5-7-9-15)14-19-16(18)20-10-12-21-13-11-20;/h5-9H,3-4,10-14H2,1-2H3,(H2,18,19);1H. The first-order chi connectivity index (χ1) is 10.2. The van der Waals surface area contributed by atoms with Crippen molar-refractivity contribution in [1.29, 1.82) is 0 Å². The average Bonchev–Trinajstić information content (AvgIpc) is 2.58. The molecule has 1 aromatic carbocycles. The van der Waals surface area contributed by atoms with Crippen LogP contribution in [0.4, 0.5) is 0 Å². The minimum absolute atomic E-state index is 0. The first kappa shape index (κ1) is 19.6. The molecule has 0 unspecified atom stereocenters. The van der Waals surface area contributed by atoms with Gasteiger partial charge in [0, 0.05) is 30.0 Å². The summed E-state index contributed by atoms with van der Waals surface area (Å²) in [7, 11) is 0. The van der Waals surface area contributed by atoms with E-state index in [4.69, 9.17) is 10.7 Å². The third-order valence-electron chi connectivity index (χ3n) is 4.62. The number of nitrogens with zero attached hydrogens (tertiary/aromatic N) is 2. The molecule has 1 aliphatic heterocycles. The summed E-state index contributed by atoms with van der Waals surface area (Å²) in [6.45, 7) is 7.33. The molecular formula is C17H28IN3S. The molecule has 124 valence electrons. The van der Waals surface area contributed by atoms with E-state index in [-0.39, 0.29) is 29.4 Å². The van der Waals surface area contributed by atoms with E-state index in [2.05, 4.69) is 49.1 Å². The number of rotatable bonds is 5. The molecule has 1 heterocycles. The van der Waals surface area contributed by atoms with Crippen molar-refractivity contribution < 1.29 is 0 Å². The van der Waals surface area contributed by atoms with Crippen LogP contribution >= 0.6 is 35.7 Å². The van der Waals surface area contributed by atoms with Gasteiger partial charge in [0.05, 0.1) is 6.54 Å². The van der Waals surface area contributed by atoms with Crippen molar-refractivity contribution in [1.82, 2.24) is 4.90 Å². The highest BCUT2D eigenvalue weighted by Gasteiger charge is 2.28. The zero-order chi connectivity index (χ0) is 15.1. The third kappa shape index (κ3) is 4.78. The lowest BCUT2D eigenvalue weighted by Gasteiger charge is -2.32. The number of hydrogen-bond donors (Lipinski definition) is 1. The van der Waals surface area contributed by atoms with E-state index >= 15 is 0 Å². The molecule has 5 heteroatoms. The van der Waals surface area contributed by atoms with Gasteiger partial charge in [0.2, 0.25) is 0 Å². The Morgan fingerprint density at radius 2 is 1.77 bits per heavy atom. The van der Waals surface area contributed by atoms with Crippen LogP contribution < -0.4 is 5.73 Å². The second-order valence-corrected chi connectivity index (χ2v) is 6.85. The van der Waals surface area contributed by atoms with Gasteiger partial charge in [-0.05, 0) is 18.4 Å². The molecule has 22 heavy (non-hydrogen) atoms. The van der Waals surface area contributed by atoms with Crippen molar-refractivity contribution in [3.63, 3.8) is 0 Å². The first-order valence-corrected chi connectivity index (χ1v) is 9.05. The van der Waals surface area contributed by atoms with Crippen LogP contribution in [0.3, 0.4) is 0 Å². The predicted octanol–water partition coefficient (Wildman–Crippen LogP) is 3.73. The van der Waals surface area contributed by atoms with Gasteiger partial charge < -0.3 is 10.6 Å². The summed E-state index contributed by atoms with van der Waals surface area (Å²) in [5.41, 5.74) is 7.69. The van der Waals surface area contributed by atoms with Crippen LogP contribution in [-0.4, -0.2) is 42.0 Å². The Morgan fingerprint density at radius 1 is 1.18 bits per heavy atom. The van der Waals surface area contributed by atoms with E-state index in [0.717, 1.165) is 49.9 Å². The topological polar surface area (TPSA) is 41.6 Å². The van der Waals surface area contributed by atoms with Crippen molar-refractivity contribution in [3.8, 4) is 0 Å². The molecule has 1 saturated heterocycles. The molecule has 1 aromatic rings. The molecule has 0 atom stereocenters. The zero-order valence-corrected chi connectivity index (χ0v) is 16.8. The van der Waals surface area contributed by atoms with Crippen molar-refractivity contribution in [2.24, 2.45) is 10.7 Å². The van der Waals surface area contributed by atoms with Crippen molar-refractivity contribution in [2.75, 3.05) is 31.1 Å². The van der Waals surface area contributed by atoms with Gasteiger partial charge in [-0.2, -0.15) is 11.8 Å². The summed E-state index contributed by atoms with van der Waals surface area (Å²) < 4.78 is 0. The molecular weight excluding hydrogens is 405 g/mol. The van der Waals surface area contributed by atoms with Crippen LogP contribution in [0.2, 0.25) is 0 Å². The van der Waals surface area contributed by atoms with E-state index < -0.39 is 0 Å². The lowest BCUT2D eigenvalue weighted by Crippen LogP contribution is -2.43. The summed E-state index contributed by atoms with van der Waals surface area (Å²) in [5, 5.41) is 0. The molecule has 0 aromatic heterocycles. The SMILES string of the molecule is CCC(CC)(CN=C(N)N1CCSCC1)c1ccccc1.I. The largest absolute Gasteiger partial charge is 0.370 e. The number of nitrogens with two attached hydrogens (primary N) is 1. The minimum atomic E-state index is 0. The molecule has 0 amide bonds. The highest BCUT2D eigenvalue weighted by molar-refractivity contribution is 14.0. The summed E-state index contributed by atoms with van der Waals surface area (Å²) >= 11 is 1.99. The molecule has 0 saturated carbocycles. The fourth-order valence-corrected chi connectivity index (χ4v) is 3.79. The summed E-state index contributed by atoms with van der Waals surface area (Å²) in [4.78, 5) is 6.97. The average molecular weight is 433 g/mol. The van der Waals surface area contributed by atoms with Crippen LogP contribution in [0.1, 0.15) is 32.3 Å². The molecule has 2 rings (SSSR count). The molecule has 0 radical (unpaired) electrons. The minimum Gasteiger partial charge on any atom is -0.370 e. The van der Waals surface area contributed by atoms with Crippen LogP contribution in [0.5, 0.6) is 0 Å². The Labute approximate surface area is 156 Å². The Hall–Kier alpha value is -0.430. The molecule has 0 bridgehead atoms. The lowest BCUT2D eigenvalue weighted by atomic mass is 9.76. The van der Waals surface area contributed by atoms with Gasteiger partial charge in [-0.15, -0.1) is 24.0 Å². The molecule has 0 spiro atoms. The van der Waals surface area contributed by atoms with Gasteiger partial charge in [0.15, 0.2) is 5.96 Å². The quantitative estimate of drug-likeness (QED) is 0.437. The van der Waals surface area contributed by atoms with Gasteiger partial charge in [-0.3, -0.25) is 4.99 Å². The zero-order valence-electron chi connectivity index (χ0n) is 13.6. The number of guanidine groups is 1. The highest BCUT2D eigenvalue weighted by Crippen LogP contribution is 2.32. The first-order valence-electron chi connectivity index (χ1n) is 7.90. The number of thioether (sulfide) groups is 1. The maximum absolute atomic E-state index is 6.21. The number of halogens is 1. The van der Waals surface area contributed by atoms with E-state index in [0.29, 0.717) is 0 Å². The van der Waals surface area contributed by atoms with E-state index in [1.807, 2.05) is 11.8 Å². The van der Waals surface area contributed by atoms with Crippen LogP contribution in [-0.2, 0) is 5.41 Å². The van der Waals surface area contributed by atoms with Gasteiger partial charge >= 0.3 is 0 Å². The molecule has 1 fully saturated rings. The fourth-order valence-electron chi connectivity index (χ4n) is 2.89. The van der Waals surface area contributed by atoms with Crippen LogP contribution in [0.15, 0.2) is 35.3 Å².